The molecule has 0 spiro atoms. The first kappa shape index (κ1) is 21.6. The Morgan fingerprint density at radius 3 is 2.73 bits per heavy atom. The molecule has 3 aromatic rings. The van der Waals surface area contributed by atoms with Crippen molar-refractivity contribution in [3.63, 3.8) is 0 Å². The van der Waals surface area contributed by atoms with Crippen molar-refractivity contribution in [1.29, 1.82) is 0 Å². The van der Waals surface area contributed by atoms with E-state index < -0.39 is 0 Å². The molecule has 2 fully saturated rings. The highest BCUT2D eigenvalue weighted by molar-refractivity contribution is 5.95. The van der Waals surface area contributed by atoms with Gasteiger partial charge in [0.1, 0.15) is 5.82 Å². The Morgan fingerprint density at radius 2 is 1.88 bits per heavy atom. The number of piperidine rings is 1. The normalized spacial score (nSPS) is 18.9. The van der Waals surface area contributed by atoms with Crippen LogP contribution in [0.3, 0.4) is 0 Å². The Kier molecular flexibility index (Phi) is 6.35. The number of morpholine rings is 1. The number of likely N-dealkylation sites (tertiary alicyclic amines) is 1. The van der Waals surface area contributed by atoms with Gasteiger partial charge in [-0.05, 0) is 50.1 Å². The van der Waals surface area contributed by atoms with E-state index in [2.05, 4.69) is 59.3 Å². The summed E-state index contributed by atoms with van der Waals surface area (Å²) in [4.78, 5) is 27.0. The Balaban J connectivity index is 1.32. The number of ether oxygens (including phenoxy) is 1. The van der Waals surface area contributed by atoms with E-state index in [0.29, 0.717) is 25.3 Å². The van der Waals surface area contributed by atoms with Gasteiger partial charge in [0.15, 0.2) is 0 Å². The lowest BCUT2D eigenvalue weighted by Gasteiger charge is -2.33. The maximum absolute atomic E-state index is 13.4. The lowest BCUT2D eigenvalue weighted by molar-refractivity contribution is 0.0706. The Morgan fingerprint density at radius 1 is 1.03 bits per heavy atom. The number of hydrogen-bond donors (Lipinski definition) is 0. The topological polar surface area (TPSA) is 58.6 Å². The lowest BCUT2D eigenvalue weighted by atomic mass is 9.93. The van der Waals surface area contributed by atoms with Crippen LogP contribution in [0.5, 0.6) is 0 Å². The molecular weight excluding hydrogens is 412 g/mol. The highest BCUT2D eigenvalue weighted by Gasteiger charge is 2.27. The predicted molar refractivity (Wildman–Crippen MR) is 130 cm³/mol. The van der Waals surface area contributed by atoms with Crippen molar-refractivity contribution >= 4 is 11.7 Å². The molecule has 0 unspecified atom stereocenters. The van der Waals surface area contributed by atoms with E-state index in [-0.39, 0.29) is 11.8 Å². The zero-order chi connectivity index (χ0) is 22.6. The van der Waals surface area contributed by atoms with Crippen molar-refractivity contribution < 1.29 is 9.53 Å². The number of pyridine rings is 2. The van der Waals surface area contributed by atoms with Crippen LogP contribution in [0.25, 0.3) is 11.3 Å². The quantitative estimate of drug-likeness (QED) is 0.603. The van der Waals surface area contributed by atoms with Gasteiger partial charge in [0.2, 0.25) is 0 Å². The second kappa shape index (κ2) is 9.71. The van der Waals surface area contributed by atoms with Gasteiger partial charge in [-0.1, -0.05) is 29.8 Å². The zero-order valence-electron chi connectivity index (χ0n) is 19.1. The molecule has 2 aliphatic heterocycles. The average Bonchev–Trinajstić information content (AvgIpc) is 2.89. The van der Waals surface area contributed by atoms with Gasteiger partial charge in [-0.2, -0.15) is 0 Å². The van der Waals surface area contributed by atoms with E-state index in [9.17, 15) is 4.79 Å². The van der Waals surface area contributed by atoms with E-state index in [4.69, 9.17) is 9.72 Å². The second-order valence-corrected chi connectivity index (χ2v) is 8.91. The minimum atomic E-state index is 0.0754. The number of aryl methyl sites for hydroxylation is 1. The monoisotopic (exact) mass is 442 g/mol. The number of aromatic nitrogens is 2. The van der Waals surface area contributed by atoms with Crippen LogP contribution >= 0.6 is 0 Å². The molecule has 0 saturated carbocycles. The van der Waals surface area contributed by atoms with E-state index in [1.807, 2.05) is 17.0 Å². The first-order chi connectivity index (χ1) is 16.2. The molecule has 6 nitrogen and oxygen atoms in total. The summed E-state index contributed by atoms with van der Waals surface area (Å²) < 4.78 is 5.44. The molecule has 170 valence electrons. The summed E-state index contributed by atoms with van der Waals surface area (Å²) in [6, 6.07) is 18.4. The van der Waals surface area contributed by atoms with Crippen LogP contribution in [0.4, 0.5) is 5.82 Å². The van der Waals surface area contributed by atoms with Crippen LogP contribution in [0.1, 0.15) is 40.4 Å². The zero-order valence-corrected chi connectivity index (χ0v) is 19.1. The van der Waals surface area contributed by atoms with Gasteiger partial charge in [-0.15, -0.1) is 0 Å². The van der Waals surface area contributed by atoms with Crippen molar-refractivity contribution in [1.82, 2.24) is 14.9 Å². The molecule has 0 N–H and O–H groups in total. The minimum Gasteiger partial charge on any atom is -0.378 e. The van der Waals surface area contributed by atoms with Gasteiger partial charge in [0.25, 0.3) is 5.91 Å². The summed E-state index contributed by atoms with van der Waals surface area (Å²) >= 11 is 0. The van der Waals surface area contributed by atoms with E-state index >= 15 is 0 Å². The van der Waals surface area contributed by atoms with Crippen LogP contribution in [0.15, 0.2) is 60.8 Å². The second-order valence-electron chi connectivity index (χ2n) is 8.91. The van der Waals surface area contributed by atoms with Crippen LogP contribution in [-0.4, -0.2) is 60.2 Å². The SMILES string of the molecule is Cc1cccc(-c2cccc([C@@H]3CCCN(C(=O)c4ccnc(N5CCOCC5)c4)C3)n2)c1. The molecule has 0 radical (unpaired) electrons. The number of benzene rings is 1. The van der Waals surface area contributed by atoms with E-state index in [1.54, 1.807) is 6.20 Å². The Labute approximate surface area is 195 Å². The van der Waals surface area contributed by atoms with Gasteiger partial charge in [-0.3, -0.25) is 9.78 Å². The third kappa shape index (κ3) is 4.91. The summed E-state index contributed by atoms with van der Waals surface area (Å²) in [5, 5.41) is 0. The lowest BCUT2D eigenvalue weighted by Crippen LogP contribution is -2.40. The molecule has 0 aliphatic carbocycles. The summed E-state index contributed by atoms with van der Waals surface area (Å²) in [6.45, 7) is 6.57. The van der Waals surface area contributed by atoms with Crippen molar-refractivity contribution in [2.24, 2.45) is 0 Å². The number of hydrogen-bond acceptors (Lipinski definition) is 5. The molecule has 2 aliphatic rings. The summed E-state index contributed by atoms with van der Waals surface area (Å²) in [7, 11) is 0. The maximum atomic E-state index is 13.4. The smallest absolute Gasteiger partial charge is 0.254 e. The number of carbonyl (C=O) groups is 1. The van der Waals surface area contributed by atoms with Gasteiger partial charge in [0.05, 0.1) is 18.9 Å². The van der Waals surface area contributed by atoms with Crippen LogP contribution in [0, 0.1) is 6.92 Å². The number of nitrogens with zero attached hydrogens (tertiary/aromatic N) is 4. The van der Waals surface area contributed by atoms with E-state index in [1.165, 1.54) is 5.56 Å². The van der Waals surface area contributed by atoms with Gasteiger partial charge >= 0.3 is 0 Å². The summed E-state index contributed by atoms with van der Waals surface area (Å²) in [5.41, 5.74) is 5.11. The predicted octanol–water partition coefficient (Wildman–Crippen LogP) is 4.31. The first-order valence-electron chi connectivity index (χ1n) is 11.8. The van der Waals surface area contributed by atoms with E-state index in [0.717, 1.165) is 55.2 Å². The molecule has 6 heteroatoms. The Hall–Kier alpha value is -3.25. The van der Waals surface area contributed by atoms with Crippen molar-refractivity contribution in [3.8, 4) is 11.3 Å². The third-order valence-electron chi connectivity index (χ3n) is 6.54. The number of rotatable bonds is 4. The third-order valence-corrected chi connectivity index (χ3v) is 6.54. The first-order valence-corrected chi connectivity index (χ1v) is 11.8. The van der Waals surface area contributed by atoms with Crippen LogP contribution in [0.2, 0.25) is 0 Å². The van der Waals surface area contributed by atoms with Gasteiger partial charge < -0.3 is 14.5 Å². The fourth-order valence-electron chi connectivity index (χ4n) is 4.75. The molecule has 1 aromatic carbocycles. The largest absolute Gasteiger partial charge is 0.378 e. The minimum absolute atomic E-state index is 0.0754. The van der Waals surface area contributed by atoms with Crippen LogP contribution < -0.4 is 4.90 Å². The highest BCUT2D eigenvalue weighted by atomic mass is 16.5. The van der Waals surface area contributed by atoms with Crippen molar-refractivity contribution in [2.45, 2.75) is 25.7 Å². The number of amides is 1. The molecule has 2 saturated heterocycles. The molecular formula is C27H30N4O2. The fourth-order valence-corrected chi connectivity index (χ4v) is 4.75. The average molecular weight is 443 g/mol. The van der Waals surface area contributed by atoms with Gasteiger partial charge in [-0.25, -0.2) is 4.98 Å². The highest BCUT2D eigenvalue weighted by Crippen LogP contribution is 2.29. The maximum Gasteiger partial charge on any atom is 0.254 e. The van der Waals surface area contributed by atoms with Crippen molar-refractivity contribution in [3.05, 3.63) is 77.6 Å². The number of carbonyl (C=O) groups excluding carboxylic acids is 1. The molecule has 1 atom stereocenters. The van der Waals surface area contributed by atoms with Gasteiger partial charge in [0, 0.05) is 55.1 Å². The van der Waals surface area contributed by atoms with Crippen molar-refractivity contribution in [2.75, 3.05) is 44.3 Å². The standard InChI is InChI=1S/C27H30N4O2/c1-20-5-2-6-21(17-20)24-8-3-9-25(29-24)23-7-4-12-31(19-23)27(32)22-10-11-28-26(18-22)30-13-15-33-16-14-30/h2-3,5-6,8-11,17-18,23H,4,7,12-16,19H2,1H3/t23-/m1/s1. The Bertz CT molecular complexity index is 1130. The molecule has 2 aromatic heterocycles. The number of anilines is 1. The molecule has 5 rings (SSSR count). The molecule has 1 amide bonds. The molecule has 0 bridgehead atoms. The fraction of sp³-hybridized carbons (Fsp3) is 0.370. The summed E-state index contributed by atoms with van der Waals surface area (Å²) in [5.74, 6) is 1.17. The van der Waals surface area contributed by atoms with Crippen LogP contribution in [-0.2, 0) is 4.74 Å². The summed E-state index contributed by atoms with van der Waals surface area (Å²) in [6.07, 6.45) is 3.77. The molecule has 33 heavy (non-hydrogen) atoms. The molecule has 4 heterocycles.